The van der Waals surface area contributed by atoms with Gasteiger partial charge in [0.25, 0.3) is 5.91 Å². The van der Waals surface area contributed by atoms with Gasteiger partial charge in [0.2, 0.25) is 0 Å². The van der Waals surface area contributed by atoms with E-state index in [0.717, 1.165) is 24.2 Å². The molecule has 0 fully saturated rings. The summed E-state index contributed by atoms with van der Waals surface area (Å²) in [6, 6.07) is 10.5. The van der Waals surface area contributed by atoms with E-state index in [1.165, 1.54) is 15.3 Å². The zero-order chi connectivity index (χ0) is 14.8. The average Bonchev–Trinajstić information content (AvgIpc) is 2.94. The Morgan fingerprint density at radius 2 is 2.19 bits per heavy atom. The third-order valence-corrected chi connectivity index (χ3v) is 5.34. The zero-order valence-electron chi connectivity index (χ0n) is 12.5. The first-order valence-electron chi connectivity index (χ1n) is 7.41. The van der Waals surface area contributed by atoms with Gasteiger partial charge in [-0.1, -0.05) is 18.2 Å². The van der Waals surface area contributed by atoms with E-state index >= 15 is 0 Å². The average molecular weight is 301 g/mol. The summed E-state index contributed by atoms with van der Waals surface area (Å²) in [7, 11) is 0. The lowest BCUT2D eigenvalue weighted by Crippen LogP contribution is -3.14. The molecule has 2 heterocycles. The zero-order valence-corrected chi connectivity index (χ0v) is 13.3. The van der Waals surface area contributed by atoms with Crippen LogP contribution in [0.15, 0.2) is 35.7 Å². The van der Waals surface area contributed by atoms with Crippen molar-refractivity contribution in [3.63, 3.8) is 0 Å². The van der Waals surface area contributed by atoms with E-state index in [4.69, 9.17) is 0 Å². The van der Waals surface area contributed by atoms with Crippen molar-refractivity contribution in [3.05, 3.63) is 51.7 Å². The Hall–Kier alpha value is -1.65. The van der Waals surface area contributed by atoms with E-state index < -0.39 is 0 Å². The van der Waals surface area contributed by atoms with Crippen molar-refractivity contribution in [2.75, 3.05) is 18.4 Å². The van der Waals surface area contributed by atoms with E-state index in [1.807, 2.05) is 42.5 Å². The Balaban J connectivity index is 1.65. The molecule has 0 saturated heterocycles. The Kier molecular flexibility index (Phi) is 4.08. The van der Waals surface area contributed by atoms with Gasteiger partial charge >= 0.3 is 0 Å². The van der Waals surface area contributed by atoms with Crippen LogP contribution < -0.4 is 10.2 Å². The number of hydrogen-bond acceptors (Lipinski definition) is 2. The molecule has 3 nitrogen and oxygen atoms in total. The third-order valence-electron chi connectivity index (χ3n) is 4.34. The van der Waals surface area contributed by atoms with Crippen LogP contribution in [-0.4, -0.2) is 19.0 Å². The number of amides is 1. The van der Waals surface area contributed by atoms with Crippen molar-refractivity contribution in [3.8, 4) is 0 Å². The Bertz CT molecular complexity index is 650. The molecule has 0 aliphatic carbocycles. The lowest BCUT2D eigenvalue weighted by atomic mass is 10.0. The molecule has 1 aliphatic rings. The standard InChI is InChI=1S/C17H20N2OS/c1-12-5-3-4-6-15(12)18-17(20)11-19-9-7-16-14(13(19)2)8-10-21-16/h3-6,8,10,13H,7,9,11H2,1-2H3,(H,18,20)/p+1/t13-/m0/s1. The highest BCUT2D eigenvalue weighted by Crippen LogP contribution is 2.24. The SMILES string of the molecule is Cc1ccccc1NC(=O)C[NH+]1CCc2sccc2[C@@H]1C. The molecule has 0 radical (unpaired) electrons. The summed E-state index contributed by atoms with van der Waals surface area (Å²) in [4.78, 5) is 15.1. The maximum absolute atomic E-state index is 12.3. The van der Waals surface area contributed by atoms with Crippen molar-refractivity contribution >= 4 is 22.9 Å². The fourth-order valence-electron chi connectivity index (χ4n) is 3.01. The van der Waals surface area contributed by atoms with Gasteiger partial charge in [0, 0.05) is 22.5 Å². The number of benzene rings is 1. The van der Waals surface area contributed by atoms with E-state index in [2.05, 4.69) is 23.7 Å². The number of carbonyl (C=O) groups excluding carboxylic acids is 1. The number of para-hydroxylation sites is 1. The monoisotopic (exact) mass is 301 g/mol. The minimum absolute atomic E-state index is 0.102. The predicted octanol–water partition coefficient (Wildman–Crippen LogP) is 2.20. The van der Waals surface area contributed by atoms with E-state index in [0.29, 0.717) is 12.6 Å². The van der Waals surface area contributed by atoms with Crippen LogP contribution in [0.3, 0.4) is 0 Å². The molecule has 2 aromatic rings. The van der Waals surface area contributed by atoms with Gasteiger partial charge in [-0.25, -0.2) is 0 Å². The van der Waals surface area contributed by atoms with Crippen LogP contribution in [0.4, 0.5) is 5.69 Å². The summed E-state index contributed by atoms with van der Waals surface area (Å²) in [5.41, 5.74) is 3.44. The first kappa shape index (κ1) is 14.3. The van der Waals surface area contributed by atoms with Gasteiger partial charge in [-0.2, -0.15) is 0 Å². The highest BCUT2D eigenvalue weighted by atomic mass is 32.1. The van der Waals surface area contributed by atoms with E-state index in [1.54, 1.807) is 0 Å². The summed E-state index contributed by atoms with van der Waals surface area (Å²) < 4.78 is 0. The number of fused-ring (bicyclic) bond motifs is 1. The largest absolute Gasteiger partial charge is 0.321 e. The van der Waals surface area contributed by atoms with Gasteiger partial charge < -0.3 is 10.2 Å². The summed E-state index contributed by atoms with van der Waals surface area (Å²) in [5, 5.41) is 5.20. The number of rotatable bonds is 3. The van der Waals surface area contributed by atoms with Gasteiger partial charge in [-0.15, -0.1) is 11.3 Å². The molecule has 3 rings (SSSR count). The molecule has 1 unspecified atom stereocenters. The Morgan fingerprint density at radius 3 is 3.00 bits per heavy atom. The lowest BCUT2D eigenvalue weighted by molar-refractivity contribution is -0.923. The second-order valence-electron chi connectivity index (χ2n) is 5.72. The summed E-state index contributed by atoms with van der Waals surface area (Å²) in [6.45, 7) is 5.81. The van der Waals surface area contributed by atoms with Gasteiger partial charge in [0.15, 0.2) is 6.54 Å². The third kappa shape index (κ3) is 3.01. The number of thiophene rings is 1. The molecule has 4 heteroatoms. The number of carbonyl (C=O) groups is 1. The fraction of sp³-hybridized carbons (Fsp3) is 0.353. The smallest absolute Gasteiger partial charge is 0.279 e. The second kappa shape index (κ2) is 6.00. The maximum atomic E-state index is 12.3. The second-order valence-corrected chi connectivity index (χ2v) is 6.72. The van der Waals surface area contributed by atoms with Crippen molar-refractivity contribution in [2.45, 2.75) is 26.3 Å². The minimum Gasteiger partial charge on any atom is -0.321 e. The van der Waals surface area contributed by atoms with Gasteiger partial charge in [0.1, 0.15) is 6.04 Å². The number of anilines is 1. The normalized spacial score (nSPS) is 20.9. The van der Waals surface area contributed by atoms with Crippen molar-refractivity contribution in [2.24, 2.45) is 0 Å². The number of aryl methyl sites for hydroxylation is 1. The number of nitrogens with one attached hydrogen (secondary N) is 2. The van der Waals surface area contributed by atoms with Crippen molar-refractivity contribution in [1.29, 1.82) is 0 Å². The molecule has 0 spiro atoms. The molecule has 1 aromatic heterocycles. The van der Waals surface area contributed by atoms with E-state index in [-0.39, 0.29) is 5.91 Å². The topological polar surface area (TPSA) is 33.5 Å². The summed E-state index contributed by atoms with van der Waals surface area (Å²) in [5.74, 6) is 0.102. The molecule has 2 atom stereocenters. The molecular formula is C17H21N2OS+. The minimum atomic E-state index is 0.102. The van der Waals surface area contributed by atoms with Crippen molar-refractivity contribution < 1.29 is 9.69 Å². The van der Waals surface area contributed by atoms with Gasteiger partial charge in [-0.3, -0.25) is 4.79 Å². The van der Waals surface area contributed by atoms with Crippen LogP contribution in [0.1, 0.15) is 29.0 Å². The maximum Gasteiger partial charge on any atom is 0.279 e. The van der Waals surface area contributed by atoms with Crippen LogP contribution >= 0.6 is 11.3 Å². The van der Waals surface area contributed by atoms with Crippen LogP contribution in [-0.2, 0) is 11.2 Å². The molecule has 0 saturated carbocycles. The highest BCUT2D eigenvalue weighted by molar-refractivity contribution is 7.10. The van der Waals surface area contributed by atoms with Crippen LogP contribution in [0.5, 0.6) is 0 Å². The molecule has 1 amide bonds. The first-order chi connectivity index (χ1) is 10.1. The van der Waals surface area contributed by atoms with Crippen LogP contribution in [0.2, 0.25) is 0 Å². The molecular weight excluding hydrogens is 280 g/mol. The molecule has 0 bridgehead atoms. The molecule has 2 N–H and O–H groups in total. The summed E-state index contributed by atoms with van der Waals surface area (Å²) in [6.07, 6.45) is 1.09. The van der Waals surface area contributed by atoms with Crippen LogP contribution in [0, 0.1) is 6.92 Å². The van der Waals surface area contributed by atoms with Crippen LogP contribution in [0.25, 0.3) is 0 Å². The number of quaternary nitrogens is 1. The Morgan fingerprint density at radius 1 is 1.38 bits per heavy atom. The van der Waals surface area contributed by atoms with E-state index in [9.17, 15) is 4.79 Å². The lowest BCUT2D eigenvalue weighted by Gasteiger charge is -2.29. The number of hydrogen-bond donors (Lipinski definition) is 2. The van der Waals surface area contributed by atoms with Crippen molar-refractivity contribution in [1.82, 2.24) is 0 Å². The summed E-state index contributed by atoms with van der Waals surface area (Å²) >= 11 is 1.84. The van der Waals surface area contributed by atoms with Gasteiger partial charge in [-0.05, 0) is 36.9 Å². The molecule has 110 valence electrons. The molecule has 1 aliphatic heterocycles. The molecule has 21 heavy (non-hydrogen) atoms. The predicted molar refractivity (Wildman–Crippen MR) is 86.9 cm³/mol. The first-order valence-corrected chi connectivity index (χ1v) is 8.29. The van der Waals surface area contributed by atoms with Gasteiger partial charge in [0.05, 0.1) is 6.54 Å². The molecule has 1 aromatic carbocycles. The highest BCUT2D eigenvalue weighted by Gasteiger charge is 2.29. The quantitative estimate of drug-likeness (QED) is 0.895. The fourth-order valence-corrected chi connectivity index (χ4v) is 3.99. The Labute approximate surface area is 129 Å².